The van der Waals surface area contributed by atoms with Crippen LogP contribution < -0.4 is 5.43 Å². The number of hydrogen-bond donors (Lipinski definition) is 0. The second-order valence-corrected chi connectivity index (χ2v) is 4.67. The van der Waals surface area contributed by atoms with Gasteiger partial charge in [0.25, 0.3) is 0 Å². The fourth-order valence-corrected chi connectivity index (χ4v) is 2.18. The average Bonchev–Trinajstić information content (AvgIpc) is 2.55. The van der Waals surface area contributed by atoms with Gasteiger partial charge in [-0.15, -0.1) is 0 Å². The molecule has 2 heterocycles. The van der Waals surface area contributed by atoms with Crippen LogP contribution in [0.4, 0.5) is 0 Å². The Hall–Kier alpha value is -2.70. The number of rotatable bonds is 5. The van der Waals surface area contributed by atoms with Crippen LogP contribution >= 0.6 is 0 Å². The Kier molecular flexibility index (Phi) is 5.10. The first-order chi connectivity index (χ1) is 11.0. The van der Waals surface area contributed by atoms with Gasteiger partial charge in [0, 0.05) is 12.7 Å². The number of esters is 2. The van der Waals surface area contributed by atoms with Gasteiger partial charge in [-0.3, -0.25) is 4.79 Å². The molecule has 0 aliphatic carbocycles. The maximum atomic E-state index is 12.4. The highest BCUT2D eigenvalue weighted by Gasteiger charge is 2.18. The quantitative estimate of drug-likeness (QED) is 0.781. The lowest BCUT2D eigenvalue weighted by Crippen LogP contribution is -2.22. The van der Waals surface area contributed by atoms with E-state index in [9.17, 15) is 14.4 Å². The summed E-state index contributed by atoms with van der Waals surface area (Å²) in [5.74, 6) is -1.23. The zero-order chi connectivity index (χ0) is 17.0. The molecule has 0 amide bonds. The minimum atomic E-state index is -0.670. The minimum Gasteiger partial charge on any atom is -0.462 e. The predicted molar refractivity (Wildman–Crippen MR) is 83.6 cm³/mol. The van der Waals surface area contributed by atoms with Gasteiger partial charge in [-0.2, -0.15) is 0 Å². The minimum absolute atomic E-state index is 0.0492. The molecule has 0 saturated heterocycles. The van der Waals surface area contributed by atoms with Crippen molar-refractivity contribution in [2.45, 2.75) is 27.3 Å². The normalized spacial score (nSPS) is 10.6. The zero-order valence-corrected chi connectivity index (χ0v) is 13.3. The molecule has 2 rings (SSSR count). The summed E-state index contributed by atoms with van der Waals surface area (Å²) in [6.07, 6.45) is 1.41. The first-order valence-corrected chi connectivity index (χ1v) is 7.41. The second kappa shape index (κ2) is 7.04. The van der Waals surface area contributed by atoms with Gasteiger partial charge < -0.3 is 14.0 Å². The number of ether oxygens (including phenoxy) is 2. The summed E-state index contributed by atoms with van der Waals surface area (Å²) in [7, 11) is 0. The van der Waals surface area contributed by atoms with Crippen molar-refractivity contribution in [3.05, 3.63) is 39.8 Å². The lowest BCUT2D eigenvalue weighted by molar-refractivity contribution is 0.0511. The third-order valence-corrected chi connectivity index (χ3v) is 3.24. The Morgan fingerprint density at radius 2 is 1.74 bits per heavy atom. The molecule has 7 heteroatoms. The van der Waals surface area contributed by atoms with E-state index in [0.717, 1.165) is 0 Å². The van der Waals surface area contributed by atoms with Crippen LogP contribution in [-0.4, -0.2) is 34.7 Å². The standard InChI is InChI=1S/C16H18N2O5/c1-4-18-9-11(15(20)22-5-2)13(19)10-7-8-12(17-14(10)18)16(21)23-6-3/h7-9H,4-6H2,1-3H3. The van der Waals surface area contributed by atoms with Crippen molar-refractivity contribution < 1.29 is 19.1 Å². The summed E-state index contributed by atoms with van der Waals surface area (Å²) in [6, 6.07) is 2.89. The summed E-state index contributed by atoms with van der Waals surface area (Å²) >= 11 is 0. The summed E-state index contributed by atoms with van der Waals surface area (Å²) in [5, 5.41) is 0.255. The van der Waals surface area contributed by atoms with E-state index in [2.05, 4.69) is 4.98 Å². The lowest BCUT2D eigenvalue weighted by atomic mass is 10.1. The van der Waals surface area contributed by atoms with Gasteiger partial charge in [-0.25, -0.2) is 14.6 Å². The largest absolute Gasteiger partial charge is 0.462 e. The van der Waals surface area contributed by atoms with Gasteiger partial charge in [0.15, 0.2) is 5.69 Å². The van der Waals surface area contributed by atoms with Crippen LogP contribution in [0.1, 0.15) is 41.6 Å². The molecule has 0 spiro atoms. The molecular formula is C16H18N2O5. The SMILES string of the molecule is CCOC(=O)c1ccc2c(=O)c(C(=O)OCC)cn(CC)c2n1. The summed E-state index contributed by atoms with van der Waals surface area (Å²) in [6.45, 7) is 6.11. The van der Waals surface area contributed by atoms with Gasteiger partial charge in [0.1, 0.15) is 11.2 Å². The van der Waals surface area contributed by atoms with Crippen molar-refractivity contribution in [3.8, 4) is 0 Å². The van der Waals surface area contributed by atoms with E-state index in [1.807, 2.05) is 6.92 Å². The smallest absolute Gasteiger partial charge is 0.356 e. The first kappa shape index (κ1) is 16.7. The molecule has 2 aromatic heterocycles. The van der Waals surface area contributed by atoms with E-state index in [4.69, 9.17) is 9.47 Å². The third-order valence-electron chi connectivity index (χ3n) is 3.24. The van der Waals surface area contributed by atoms with Crippen LogP contribution in [-0.2, 0) is 16.0 Å². The van der Waals surface area contributed by atoms with E-state index in [1.165, 1.54) is 18.3 Å². The lowest BCUT2D eigenvalue weighted by Gasteiger charge is -2.11. The molecule has 2 aromatic rings. The van der Waals surface area contributed by atoms with Gasteiger partial charge in [0.2, 0.25) is 5.43 Å². The number of nitrogens with zero attached hydrogens (tertiary/aromatic N) is 2. The molecule has 122 valence electrons. The molecule has 0 unspecified atom stereocenters. The number of pyridine rings is 2. The van der Waals surface area contributed by atoms with Gasteiger partial charge in [-0.1, -0.05) is 0 Å². The highest BCUT2D eigenvalue weighted by atomic mass is 16.5. The van der Waals surface area contributed by atoms with Crippen LogP contribution in [0.3, 0.4) is 0 Å². The van der Waals surface area contributed by atoms with E-state index in [1.54, 1.807) is 18.4 Å². The molecule has 23 heavy (non-hydrogen) atoms. The van der Waals surface area contributed by atoms with Crippen LogP contribution in [0.15, 0.2) is 23.1 Å². The number of carbonyl (C=O) groups is 2. The van der Waals surface area contributed by atoms with Crippen molar-refractivity contribution >= 4 is 23.0 Å². The van der Waals surface area contributed by atoms with Crippen molar-refractivity contribution in [2.75, 3.05) is 13.2 Å². The monoisotopic (exact) mass is 318 g/mol. The van der Waals surface area contributed by atoms with E-state index in [-0.39, 0.29) is 29.9 Å². The highest BCUT2D eigenvalue weighted by molar-refractivity contribution is 5.94. The molecule has 0 N–H and O–H groups in total. The van der Waals surface area contributed by atoms with Gasteiger partial charge in [0.05, 0.1) is 18.6 Å². The molecule has 0 aromatic carbocycles. The van der Waals surface area contributed by atoms with Gasteiger partial charge in [-0.05, 0) is 32.9 Å². The molecule has 0 radical (unpaired) electrons. The van der Waals surface area contributed by atoms with Crippen LogP contribution in [0.5, 0.6) is 0 Å². The maximum Gasteiger partial charge on any atom is 0.356 e. The Morgan fingerprint density at radius 3 is 2.35 bits per heavy atom. The topological polar surface area (TPSA) is 87.5 Å². The zero-order valence-electron chi connectivity index (χ0n) is 13.3. The van der Waals surface area contributed by atoms with Crippen molar-refractivity contribution in [3.63, 3.8) is 0 Å². The molecule has 0 bridgehead atoms. The van der Waals surface area contributed by atoms with Crippen LogP contribution in [0.2, 0.25) is 0 Å². The molecule has 0 aliphatic heterocycles. The predicted octanol–water partition coefficient (Wildman–Crippen LogP) is 1.77. The molecule has 0 saturated carbocycles. The molecule has 0 atom stereocenters. The number of fused-ring (bicyclic) bond motifs is 1. The molecular weight excluding hydrogens is 300 g/mol. The van der Waals surface area contributed by atoms with E-state index >= 15 is 0 Å². The van der Waals surface area contributed by atoms with Crippen molar-refractivity contribution in [2.24, 2.45) is 0 Å². The maximum absolute atomic E-state index is 12.4. The Balaban J connectivity index is 2.65. The van der Waals surface area contributed by atoms with Crippen LogP contribution in [0, 0.1) is 0 Å². The summed E-state index contributed by atoms with van der Waals surface area (Å²) in [4.78, 5) is 40.4. The fraction of sp³-hybridized carbons (Fsp3) is 0.375. The Morgan fingerprint density at radius 1 is 1.09 bits per heavy atom. The molecule has 0 fully saturated rings. The van der Waals surface area contributed by atoms with Crippen LogP contribution in [0.25, 0.3) is 11.0 Å². The third kappa shape index (κ3) is 3.23. The van der Waals surface area contributed by atoms with Gasteiger partial charge >= 0.3 is 11.9 Å². The molecule has 7 nitrogen and oxygen atoms in total. The number of aryl methyl sites for hydroxylation is 1. The van der Waals surface area contributed by atoms with E-state index < -0.39 is 17.4 Å². The van der Waals surface area contributed by atoms with Crippen molar-refractivity contribution in [1.29, 1.82) is 0 Å². The number of carbonyl (C=O) groups excluding carboxylic acids is 2. The first-order valence-electron chi connectivity index (χ1n) is 7.41. The number of aromatic nitrogens is 2. The van der Waals surface area contributed by atoms with E-state index in [0.29, 0.717) is 12.2 Å². The highest BCUT2D eigenvalue weighted by Crippen LogP contribution is 2.12. The Bertz CT molecular complexity index is 810. The Labute approximate surface area is 132 Å². The fourth-order valence-electron chi connectivity index (χ4n) is 2.18. The number of hydrogen-bond acceptors (Lipinski definition) is 6. The second-order valence-electron chi connectivity index (χ2n) is 4.67. The summed E-state index contributed by atoms with van der Waals surface area (Å²) in [5.41, 5.74) is -0.0705. The average molecular weight is 318 g/mol. The molecule has 0 aliphatic rings. The van der Waals surface area contributed by atoms with Crippen molar-refractivity contribution in [1.82, 2.24) is 9.55 Å². The summed E-state index contributed by atoms with van der Waals surface area (Å²) < 4.78 is 11.4.